The van der Waals surface area contributed by atoms with E-state index in [-0.39, 0.29) is 12.4 Å². The maximum atomic E-state index is 12.6. The number of hydrogen-bond donors (Lipinski definition) is 2. The highest BCUT2D eigenvalue weighted by Gasteiger charge is 2.38. The minimum absolute atomic E-state index is 0.188. The molecule has 5 heteroatoms. The van der Waals surface area contributed by atoms with Crippen LogP contribution < -0.4 is 0 Å². The number of benzene rings is 1. The van der Waals surface area contributed by atoms with E-state index in [0.29, 0.717) is 18.5 Å². The number of Topliss-reactive ketones (excluding diaryl/α,β-unsaturated/α-hetero) is 1. The van der Waals surface area contributed by atoms with Gasteiger partial charge in [0.25, 0.3) is 0 Å². The number of aliphatic hydroxyl groups is 1. The van der Waals surface area contributed by atoms with Crippen molar-refractivity contribution in [2.45, 2.75) is 32.8 Å². The number of aromatic nitrogens is 1. The third-order valence-corrected chi connectivity index (χ3v) is 4.26. The number of aliphatic hydroxyl groups excluding tert-OH is 1. The fraction of sp³-hybridized carbons (Fsp3) is 0.412. The van der Waals surface area contributed by atoms with Gasteiger partial charge >= 0.3 is 5.97 Å². The molecule has 2 atom stereocenters. The molecule has 2 unspecified atom stereocenters. The molecule has 0 spiro atoms. The lowest BCUT2D eigenvalue weighted by Gasteiger charge is -2.24. The zero-order valence-electron chi connectivity index (χ0n) is 12.7. The van der Waals surface area contributed by atoms with Crippen LogP contribution in [0.4, 0.5) is 0 Å². The molecule has 0 radical (unpaired) electrons. The lowest BCUT2D eigenvalue weighted by molar-refractivity contribution is -0.155. The number of carbonyl (C=O) groups is 2. The Kier molecular flexibility index (Phi) is 3.74. The number of rotatable bonds is 3. The third-order valence-electron chi connectivity index (χ3n) is 4.26. The van der Waals surface area contributed by atoms with E-state index in [1.807, 2.05) is 19.1 Å². The molecular weight excluding hydrogens is 282 g/mol. The van der Waals surface area contributed by atoms with Crippen LogP contribution in [-0.2, 0) is 16.0 Å². The predicted molar refractivity (Wildman–Crippen MR) is 81.8 cm³/mol. The molecule has 0 saturated carbocycles. The van der Waals surface area contributed by atoms with Crippen molar-refractivity contribution in [1.29, 1.82) is 0 Å². The van der Waals surface area contributed by atoms with Crippen molar-refractivity contribution in [2.75, 3.05) is 6.61 Å². The number of fused-ring (bicyclic) bond motifs is 3. The Balaban J connectivity index is 1.96. The molecule has 1 aromatic carbocycles. The average molecular weight is 301 g/mol. The molecule has 0 amide bonds. The number of hydrogen-bond acceptors (Lipinski definition) is 4. The van der Waals surface area contributed by atoms with Gasteiger partial charge in [0.1, 0.15) is 0 Å². The van der Waals surface area contributed by atoms with E-state index in [1.165, 1.54) is 0 Å². The molecule has 1 aromatic heterocycles. The summed E-state index contributed by atoms with van der Waals surface area (Å²) in [7, 11) is 0. The minimum atomic E-state index is -1.39. The Morgan fingerprint density at radius 3 is 3.00 bits per heavy atom. The van der Waals surface area contributed by atoms with Gasteiger partial charge in [-0.25, -0.2) is 4.79 Å². The van der Waals surface area contributed by atoms with Crippen LogP contribution in [0.15, 0.2) is 18.2 Å². The molecule has 2 aromatic rings. The quantitative estimate of drug-likeness (QED) is 0.851. The third kappa shape index (κ3) is 2.31. The van der Waals surface area contributed by atoms with Gasteiger partial charge < -0.3 is 14.8 Å². The van der Waals surface area contributed by atoms with E-state index in [0.717, 1.165) is 22.0 Å². The van der Waals surface area contributed by atoms with Crippen LogP contribution >= 0.6 is 0 Å². The standard InChI is InChI=1S/C17H19NO4/c1-3-22-17(21)16(20)11-6-5-10-12-8-9(2)4-7-13(12)18-14(10)15(11)19/h4,7-8,11,16,18,20H,3,5-6H2,1-2H3. The summed E-state index contributed by atoms with van der Waals surface area (Å²) in [5.41, 5.74) is 3.54. The molecule has 1 aliphatic carbocycles. The summed E-state index contributed by atoms with van der Waals surface area (Å²) in [6.07, 6.45) is -0.285. The molecule has 3 rings (SSSR count). The van der Waals surface area contributed by atoms with Gasteiger partial charge in [0, 0.05) is 10.9 Å². The fourth-order valence-electron chi connectivity index (χ4n) is 3.14. The molecule has 0 aliphatic heterocycles. The van der Waals surface area contributed by atoms with Crippen LogP contribution in [0.25, 0.3) is 10.9 Å². The summed E-state index contributed by atoms with van der Waals surface area (Å²) >= 11 is 0. The maximum Gasteiger partial charge on any atom is 0.335 e. The first-order chi connectivity index (χ1) is 10.5. The topological polar surface area (TPSA) is 79.4 Å². The summed E-state index contributed by atoms with van der Waals surface area (Å²) in [6.45, 7) is 3.87. The van der Waals surface area contributed by atoms with E-state index >= 15 is 0 Å². The monoisotopic (exact) mass is 301 g/mol. The van der Waals surface area contributed by atoms with Crippen molar-refractivity contribution >= 4 is 22.7 Å². The number of nitrogens with one attached hydrogen (secondary N) is 1. The van der Waals surface area contributed by atoms with Gasteiger partial charge in [-0.3, -0.25) is 4.79 Å². The zero-order chi connectivity index (χ0) is 15.9. The number of aromatic amines is 1. The summed E-state index contributed by atoms with van der Waals surface area (Å²) in [5, 5.41) is 11.1. The molecule has 0 fully saturated rings. The Labute approximate surface area is 128 Å². The van der Waals surface area contributed by atoms with Gasteiger partial charge in [-0.1, -0.05) is 11.6 Å². The predicted octanol–water partition coefficient (Wildman–Crippen LogP) is 2.15. The second-order valence-electron chi connectivity index (χ2n) is 5.73. The molecule has 5 nitrogen and oxygen atoms in total. The van der Waals surface area contributed by atoms with E-state index < -0.39 is 18.0 Å². The highest BCUT2D eigenvalue weighted by molar-refractivity contribution is 6.06. The summed E-state index contributed by atoms with van der Waals surface area (Å²) in [4.78, 5) is 27.4. The first kappa shape index (κ1) is 14.8. The molecule has 1 heterocycles. The number of H-pyrrole nitrogens is 1. The summed E-state index contributed by atoms with van der Waals surface area (Å²) in [5.74, 6) is -1.67. The van der Waals surface area contributed by atoms with Gasteiger partial charge in [-0.05, 0) is 44.4 Å². The van der Waals surface area contributed by atoms with E-state index in [1.54, 1.807) is 6.92 Å². The van der Waals surface area contributed by atoms with Crippen molar-refractivity contribution < 1.29 is 19.4 Å². The second kappa shape index (κ2) is 5.57. The average Bonchev–Trinajstić information content (AvgIpc) is 2.86. The molecule has 22 heavy (non-hydrogen) atoms. The lowest BCUT2D eigenvalue weighted by atomic mass is 9.82. The van der Waals surface area contributed by atoms with Gasteiger partial charge in [0.05, 0.1) is 18.2 Å². The Morgan fingerprint density at radius 2 is 2.27 bits per heavy atom. The van der Waals surface area contributed by atoms with Gasteiger partial charge in [-0.2, -0.15) is 0 Å². The normalized spacial score (nSPS) is 19.0. The highest BCUT2D eigenvalue weighted by Crippen LogP contribution is 2.33. The molecule has 1 aliphatic rings. The molecule has 2 N–H and O–H groups in total. The van der Waals surface area contributed by atoms with Crippen LogP contribution in [-0.4, -0.2) is 34.6 Å². The van der Waals surface area contributed by atoms with Gasteiger partial charge in [-0.15, -0.1) is 0 Å². The van der Waals surface area contributed by atoms with Crippen molar-refractivity contribution in [3.63, 3.8) is 0 Å². The number of ketones is 1. The molecule has 116 valence electrons. The van der Waals surface area contributed by atoms with E-state index in [9.17, 15) is 14.7 Å². The Morgan fingerprint density at radius 1 is 1.50 bits per heavy atom. The maximum absolute atomic E-state index is 12.6. The fourth-order valence-corrected chi connectivity index (χ4v) is 3.14. The first-order valence-corrected chi connectivity index (χ1v) is 7.53. The summed E-state index contributed by atoms with van der Waals surface area (Å²) < 4.78 is 4.82. The van der Waals surface area contributed by atoms with Crippen molar-refractivity contribution in [2.24, 2.45) is 5.92 Å². The van der Waals surface area contributed by atoms with Crippen LogP contribution in [0.5, 0.6) is 0 Å². The molecule has 0 bridgehead atoms. The number of ether oxygens (including phenoxy) is 1. The SMILES string of the molecule is CCOC(=O)C(O)C1CCc2c([nH]c3ccc(C)cc23)C1=O. The van der Waals surface area contributed by atoms with Crippen LogP contribution in [0, 0.1) is 12.8 Å². The largest absolute Gasteiger partial charge is 0.464 e. The number of aryl methyl sites for hydroxylation is 2. The van der Waals surface area contributed by atoms with Crippen molar-refractivity contribution in [3.8, 4) is 0 Å². The van der Waals surface area contributed by atoms with Gasteiger partial charge in [0.15, 0.2) is 11.9 Å². The number of esters is 1. The van der Waals surface area contributed by atoms with Crippen LogP contribution in [0.3, 0.4) is 0 Å². The Hall–Kier alpha value is -2.14. The smallest absolute Gasteiger partial charge is 0.335 e. The Bertz CT molecular complexity index is 746. The zero-order valence-corrected chi connectivity index (χ0v) is 12.7. The van der Waals surface area contributed by atoms with Gasteiger partial charge in [0.2, 0.25) is 0 Å². The minimum Gasteiger partial charge on any atom is -0.464 e. The number of carbonyl (C=O) groups excluding carboxylic acids is 2. The van der Waals surface area contributed by atoms with Crippen molar-refractivity contribution in [3.05, 3.63) is 35.0 Å². The molecular formula is C17H19NO4. The first-order valence-electron chi connectivity index (χ1n) is 7.53. The van der Waals surface area contributed by atoms with Crippen LogP contribution in [0.1, 0.15) is 35.0 Å². The second-order valence-corrected chi connectivity index (χ2v) is 5.73. The van der Waals surface area contributed by atoms with E-state index in [4.69, 9.17) is 4.74 Å². The lowest BCUT2D eigenvalue weighted by Crippen LogP contribution is -2.38. The van der Waals surface area contributed by atoms with Crippen LogP contribution in [0.2, 0.25) is 0 Å². The van der Waals surface area contributed by atoms with E-state index in [2.05, 4.69) is 11.1 Å². The molecule has 0 saturated heterocycles. The highest BCUT2D eigenvalue weighted by atomic mass is 16.5. The van der Waals surface area contributed by atoms with Crippen molar-refractivity contribution in [1.82, 2.24) is 4.98 Å². The summed E-state index contributed by atoms with van der Waals surface area (Å²) in [6, 6.07) is 5.99.